The first-order valence-electron chi connectivity index (χ1n) is 5.63. The van der Waals surface area contributed by atoms with E-state index in [1.165, 1.54) is 6.07 Å². The Labute approximate surface area is 98.0 Å². The molecule has 2 N–H and O–H groups in total. The first-order chi connectivity index (χ1) is 8.18. The van der Waals surface area contributed by atoms with Crippen molar-refractivity contribution in [3.05, 3.63) is 41.7 Å². The van der Waals surface area contributed by atoms with E-state index in [1.807, 2.05) is 18.2 Å². The van der Waals surface area contributed by atoms with Gasteiger partial charge >= 0.3 is 5.97 Å². The molecule has 1 aromatic carbocycles. The lowest BCUT2D eigenvalue weighted by molar-refractivity contribution is -0.139. The highest BCUT2D eigenvalue weighted by atomic mass is 19.1. The second-order valence-electron chi connectivity index (χ2n) is 4.52. The number of benzene rings is 1. The molecule has 1 aliphatic carbocycles. The number of hydrogen-bond donors (Lipinski definition) is 2. The highest BCUT2D eigenvalue weighted by molar-refractivity contribution is 5.80. The molecule has 88 valence electrons. The standard InChI is InChI=1S/C13H12FNO2/c14-10-6-2-5-8-7-3-1-4-9(7)12(13(16)17)15-11(8)10/h1-3,5-7,9,12,15H,4H2,(H,16,17)/t7-,9+,12+/m0/s1. The van der Waals surface area contributed by atoms with Crippen molar-refractivity contribution in [2.24, 2.45) is 5.92 Å². The Morgan fingerprint density at radius 2 is 2.29 bits per heavy atom. The predicted molar refractivity (Wildman–Crippen MR) is 61.4 cm³/mol. The lowest BCUT2D eigenvalue weighted by Crippen LogP contribution is -2.42. The third kappa shape index (κ3) is 1.44. The fourth-order valence-corrected chi connectivity index (χ4v) is 2.83. The fraction of sp³-hybridized carbons (Fsp3) is 0.308. The minimum atomic E-state index is -0.919. The van der Waals surface area contributed by atoms with Crippen molar-refractivity contribution in [3.63, 3.8) is 0 Å². The monoisotopic (exact) mass is 233 g/mol. The van der Waals surface area contributed by atoms with Gasteiger partial charge in [-0.15, -0.1) is 0 Å². The Hall–Kier alpha value is -1.84. The maximum Gasteiger partial charge on any atom is 0.326 e. The van der Waals surface area contributed by atoms with Crippen LogP contribution in [-0.4, -0.2) is 17.1 Å². The number of hydrogen-bond acceptors (Lipinski definition) is 2. The van der Waals surface area contributed by atoms with Crippen molar-refractivity contribution in [1.82, 2.24) is 0 Å². The van der Waals surface area contributed by atoms with Crippen LogP contribution in [0.1, 0.15) is 17.9 Å². The largest absolute Gasteiger partial charge is 0.480 e. The quantitative estimate of drug-likeness (QED) is 0.732. The first-order valence-corrected chi connectivity index (χ1v) is 5.63. The molecule has 3 rings (SSSR count). The minimum absolute atomic E-state index is 0.0122. The van der Waals surface area contributed by atoms with Crippen LogP contribution in [-0.2, 0) is 4.79 Å². The molecule has 1 heterocycles. The van der Waals surface area contributed by atoms with Crippen LogP contribution in [0.15, 0.2) is 30.4 Å². The molecule has 1 aliphatic heterocycles. The number of rotatable bonds is 1. The van der Waals surface area contributed by atoms with Crippen molar-refractivity contribution in [3.8, 4) is 0 Å². The van der Waals surface area contributed by atoms with E-state index in [4.69, 9.17) is 0 Å². The zero-order chi connectivity index (χ0) is 12.0. The summed E-state index contributed by atoms with van der Waals surface area (Å²) in [6, 6.07) is 4.17. The molecular weight excluding hydrogens is 221 g/mol. The summed E-state index contributed by atoms with van der Waals surface area (Å²) in [7, 11) is 0. The van der Waals surface area contributed by atoms with Gasteiger partial charge in [0, 0.05) is 11.8 Å². The number of para-hydroxylation sites is 1. The summed E-state index contributed by atoms with van der Waals surface area (Å²) >= 11 is 0. The summed E-state index contributed by atoms with van der Waals surface area (Å²) in [5.74, 6) is -1.30. The zero-order valence-corrected chi connectivity index (χ0v) is 9.06. The summed E-state index contributed by atoms with van der Waals surface area (Å²) in [5.41, 5.74) is 1.20. The SMILES string of the molecule is O=C(O)[C@@H]1Nc2c(F)cccc2[C@@H]2C=CC[C@@H]12. The average molecular weight is 233 g/mol. The molecule has 0 spiro atoms. The molecule has 3 nitrogen and oxygen atoms in total. The Balaban J connectivity index is 2.12. The van der Waals surface area contributed by atoms with E-state index in [0.29, 0.717) is 5.69 Å². The third-order valence-corrected chi connectivity index (χ3v) is 3.61. The molecule has 1 aromatic rings. The van der Waals surface area contributed by atoms with E-state index < -0.39 is 12.0 Å². The Morgan fingerprint density at radius 3 is 3.06 bits per heavy atom. The van der Waals surface area contributed by atoms with Crippen molar-refractivity contribution < 1.29 is 14.3 Å². The molecule has 0 saturated carbocycles. The summed E-state index contributed by atoms with van der Waals surface area (Å²) in [5, 5.41) is 12.0. The van der Waals surface area contributed by atoms with E-state index >= 15 is 0 Å². The van der Waals surface area contributed by atoms with Gasteiger partial charge in [-0.25, -0.2) is 9.18 Å². The maximum atomic E-state index is 13.7. The van der Waals surface area contributed by atoms with Crippen LogP contribution in [0.25, 0.3) is 0 Å². The second kappa shape index (κ2) is 3.58. The summed E-state index contributed by atoms with van der Waals surface area (Å²) in [6.07, 6.45) is 4.69. The van der Waals surface area contributed by atoms with E-state index in [2.05, 4.69) is 5.32 Å². The van der Waals surface area contributed by atoms with E-state index in [1.54, 1.807) is 6.07 Å². The molecule has 4 heteroatoms. The van der Waals surface area contributed by atoms with Gasteiger partial charge in [0.15, 0.2) is 0 Å². The van der Waals surface area contributed by atoms with Crippen LogP contribution >= 0.6 is 0 Å². The van der Waals surface area contributed by atoms with Gasteiger partial charge in [0.25, 0.3) is 0 Å². The van der Waals surface area contributed by atoms with Gasteiger partial charge in [0.05, 0.1) is 5.69 Å². The molecule has 0 fully saturated rings. The molecule has 0 saturated heterocycles. The van der Waals surface area contributed by atoms with E-state index in [9.17, 15) is 14.3 Å². The van der Waals surface area contributed by atoms with Gasteiger partial charge in [-0.05, 0) is 18.1 Å². The lowest BCUT2D eigenvalue weighted by Gasteiger charge is -2.34. The van der Waals surface area contributed by atoms with Gasteiger partial charge in [-0.3, -0.25) is 0 Å². The zero-order valence-electron chi connectivity index (χ0n) is 9.06. The molecule has 2 aliphatic rings. The molecular formula is C13H12FNO2. The van der Waals surface area contributed by atoms with Crippen molar-refractivity contribution in [2.75, 3.05) is 5.32 Å². The van der Waals surface area contributed by atoms with Crippen molar-refractivity contribution >= 4 is 11.7 Å². The Kier molecular flexibility index (Phi) is 2.18. The highest BCUT2D eigenvalue weighted by Crippen LogP contribution is 2.45. The molecule has 0 amide bonds. The van der Waals surface area contributed by atoms with E-state index in [-0.39, 0.29) is 17.7 Å². The average Bonchev–Trinajstić information content (AvgIpc) is 2.77. The van der Waals surface area contributed by atoms with Crippen molar-refractivity contribution in [2.45, 2.75) is 18.4 Å². The van der Waals surface area contributed by atoms with Gasteiger partial charge < -0.3 is 10.4 Å². The molecule has 0 radical (unpaired) electrons. The van der Waals surface area contributed by atoms with Crippen LogP contribution in [0.2, 0.25) is 0 Å². The molecule has 0 bridgehead atoms. The Bertz CT molecular complexity index is 512. The van der Waals surface area contributed by atoms with Crippen LogP contribution in [0.5, 0.6) is 0 Å². The molecule has 3 atom stereocenters. The number of fused-ring (bicyclic) bond motifs is 3. The minimum Gasteiger partial charge on any atom is -0.480 e. The number of carbonyl (C=O) groups is 1. The van der Waals surface area contributed by atoms with Crippen LogP contribution in [0.4, 0.5) is 10.1 Å². The molecule has 17 heavy (non-hydrogen) atoms. The van der Waals surface area contributed by atoms with E-state index in [0.717, 1.165) is 12.0 Å². The number of aliphatic carboxylic acids is 1. The summed E-state index contributed by atoms with van der Waals surface area (Å²) in [6.45, 7) is 0. The molecule has 0 unspecified atom stereocenters. The van der Waals surface area contributed by atoms with Crippen LogP contribution < -0.4 is 5.32 Å². The number of anilines is 1. The third-order valence-electron chi connectivity index (χ3n) is 3.61. The van der Waals surface area contributed by atoms with Gasteiger partial charge in [0.1, 0.15) is 11.9 Å². The lowest BCUT2D eigenvalue weighted by atomic mass is 9.79. The number of nitrogens with one attached hydrogen (secondary N) is 1. The van der Waals surface area contributed by atoms with Gasteiger partial charge in [-0.2, -0.15) is 0 Å². The fourth-order valence-electron chi connectivity index (χ4n) is 2.83. The summed E-state index contributed by atoms with van der Waals surface area (Å²) < 4.78 is 13.7. The first kappa shape index (κ1) is 10.3. The maximum absolute atomic E-state index is 13.7. The highest BCUT2D eigenvalue weighted by Gasteiger charge is 2.41. The Morgan fingerprint density at radius 1 is 1.47 bits per heavy atom. The topological polar surface area (TPSA) is 49.3 Å². The molecule has 0 aromatic heterocycles. The number of halogens is 1. The van der Waals surface area contributed by atoms with Crippen LogP contribution in [0.3, 0.4) is 0 Å². The number of carboxylic acids is 1. The van der Waals surface area contributed by atoms with Gasteiger partial charge in [-0.1, -0.05) is 24.3 Å². The smallest absolute Gasteiger partial charge is 0.326 e. The van der Waals surface area contributed by atoms with Crippen molar-refractivity contribution in [1.29, 1.82) is 0 Å². The second-order valence-corrected chi connectivity index (χ2v) is 4.52. The normalized spacial score (nSPS) is 29.4. The predicted octanol–water partition coefficient (Wildman–Crippen LogP) is 2.36. The van der Waals surface area contributed by atoms with Crippen LogP contribution in [0, 0.1) is 11.7 Å². The number of carboxylic acid groups (broad SMARTS) is 1. The van der Waals surface area contributed by atoms with Gasteiger partial charge in [0.2, 0.25) is 0 Å². The number of allylic oxidation sites excluding steroid dienone is 2. The summed E-state index contributed by atoms with van der Waals surface area (Å²) in [4.78, 5) is 11.2.